The van der Waals surface area contributed by atoms with Crippen LogP contribution in [-0.2, 0) is 6.61 Å². The summed E-state index contributed by atoms with van der Waals surface area (Å²) in [6, 6.07) is 0.718. The predicted molar refractivity (Wildman–Crippen MR) is 70.4 cm³/mol. The van der Waals surface area contributed by atoms with Gasteiger partial charge in [-0.2, -0.15) is 0 Å². The maximum absolute atomic E-state index is 9.13. The predicted octanol–water partition coefficient (Wildman–Crippen LogP) is 2.79. The van der Waals surface area contributed by atoms with Crippen LogP contribution in [0.2, 0.25) is 0 Å². The number of aliphatic hydroxyl groups excluding tert-OH is 1. The molecular weight excluding hydrogens is 232 g/mol. The molecule has 1 N–H and O–H groups in total. The molecule has 0 spiro atoms. The van der Waals surface area contributed by atoms with Crippen LogP contribution in [0.3, 0.4) is 0 Å². The third-order valence-corrected chi connectivity index (χ3v) is 5.21. The summed E-state index contributed by atoms with van der Waals surface area (Å²) in [7, 11) is 0. The van der Waals surface area contributed by atoms with Crippen LogP contribution in [0.5, 0.6) is 0 Å². The topological polar surface area (TPSA) is 36.4 Å². The highest BCUT2D eigenvalue weighted by atomic mass is 32.1. The molecular formula is C13H20N2OS. The van der Waals surface area contributed by atoms with Gasteiger partial charge in [-0.05, 0) is 31.6 Å². The van der Waals surface area contributed by atoms with Gasteiger partial charge in [0.1, 0.15) is 0 Å². The fourth-order valence-electron chi connectivity index (χ4n) is 3.37. The van der Waals surface area contributed by atoms with Gasteiger partial charge in [-0.1, -0.05) is 24.2 Å². The first-order chi connectivity index (χ1) is 8.38. The molecule has 0 amide bonds. The first-order valence-corrected chi connectivity index (χ1v) is 7.52. The summed E-state index contributed by atoms with van der Waals surface area (Å²) in [6.07, 6.45) is 10.0. The Balaban J connectivity index is 1.80. The van der Waals surface area contributed by atoms with E-state index in [0.717, 1.165) is 28.5 Å². The van der Waals surface area contributed by atoms with Crippen LogP contribution in [0, 0.1) is 5.92 Å². The zero-order valence-electron chi connectivity index (χ0n) is 10.1. The third kappa shape index (κ3) is 2.20. The molecule has 0 aromatic carbocycles. The van der Waals surface area contributed by atoms with Crippen molar-refractivity contribution in [3.63, 3.8) is 0 Å². The van der Waals surface area contributed by atoms with Crippen molar-refractivity contribution < 1.29 is 5.11 Å². The Bertz CT molecular complexity index is 377. The van der Waals surface area contributed by atoms with Crippen LogP contribution < -0.4 is 4.90 Å². The minimum Gasteiger partial charge on any atom is -0.391 e. The van der Waals surface area contributed by atoms with Gasteiger partial charge in [0.2, 0.25) is 0 Å². The van der Waals surface area contributed by atoms with E-state index in [1.165, 1.54) is 38.5 Å². The van der Waals surface area contributed by atoms with Crippen LogP contribution in [-0.4, -0.2) is 22.7 Å². The van der Waals surface area contributed by atoms with E-state index in [4.69, 9.17) is 5.11 Å². The number of piperidine rings is 1. The summed E-state index contributed by atoms with van der Waals surface area (Å²) in [5, 5.41) is 10.3. The standard InChI is InChI=1S/C13H20N2OS/c16-9-11-8-14-13(17-11)15-7-3-5-10-4-1-2-6-12(10)15/h8,10,12,16H,1-7,9H2/t10-,12-/m1/s1. The van der Waals surface area contributed by atoms with Gasteiger partial charge >= 0.3 is 0 Å². The van der Waals surface area contributed by atoms with Crippen LogP contribution in [0.4, 0.5) is 5.13 Å². The average Bonchev–Trinajstić information content (AvgIpc) is 2.87. The molecule has 3 nitrogen and oxygen atoms in total. The molecule has 0 radical (unpaired) electrons. The molecule has 0 unspecified atom stereocenters. The van der Waals surface area contributed by atoms with Gasteiger partial charge in [-0.25, -0.2) is 4.98 Å². The van der Waals surface area contributed by atoms with Crippen molar-refractivity contribution >= 4 is 16.5 Å². The van der Waals surface area contributed by atoms with Gasteiger partial charge in [0.15, 0.2) is 5.13 Å². The number of thiazole rings is 1. The molecule has 1 aromatic rings. The Hall–Kier alpha value is -0.610. The maximum atomic E-state index is 9.13. The normalized spacial score (nSPS) is 29.1. The highest BCUT2D eigenvalue weighted by Crippen LogP contribution is 2.38. The van der Waals surface area contributed by atoms with E-state index in [9.17, 15) is 0 Å². The zero-order valence-corrected chi connectivity index (χ0v) is 11.0. The zero-order chi connectivity index (χ0) is 11.7. The molecule has 0 bridgehead atoms. The Morgan fingerprint density at radius 2 is 2.12 bits per heavy atom. The molecule has 2 atom stereocenters. The van der Waals surface area contributed by atoms with Gasteiger partial charge < -0.3 is 10.0 Å². The lowest BCUT2D eigenvalue weighted by Gasteiger charge is -2.44. The largest absolute Gasteiger partial charge is 0.391 e. The van der Waals surface area contributed by atoms with Crippen LogP contribution in [0.25, 0.3) is 0 Å². The highest BCUT2D eigenvalue weighted by Gasteiger charge is 2.34. The summed E-state index contributed by atoms with van der Waals surface area (Å²) in [4.78, 5) is 7.98. The number of hydrogen-bond acceptors (Lipinski definition) is 4. The van der Waals surface area contributed by atoms with E-state index in [1.54, 1.807) is 11.3 Å². The van der Waals surface area contributed by atoms with E-state index in [2.05, 4.69) is 9.88 Å². The van der Waals surface area contributed by atoms with Crippen molar-refractivity contribution in [2.24, 2.45) is 5.92 Å². The quantitative estimate of drug-likeness (QED) is 0.879. The highest BCUT2D eigenvalue weighted by molar-refractivity contribution is 7.15. The lowest BCUT2D eigenvalue weighted by atomic mass is 9.78. The molecule has 2 heterocycles. The van der Waals surface area contributed by atoms with Gasteiger partial charge in [-0.15, -0.1) is 0 Å². The molecule has 1 saturated carbocycles. The van der Waals surface area contributed by atoms with E-state index in [-0.39, 0.29) is 6.61 Å². The first-order valence-electron chi connectivity index (χ1n) is 6.70. The second-order valence-corrected chi connectivity index (χ2v) is 6.31. The Morgan fingerprint density at radius 1 is 1.29 bits per heavy atom. The van der Waals surface area contributed by atoms with Gasteiger partial charge in [0.05, 0.1) is 11.5 Å². The number of fused-ring (bicyclic) bond motifs is 1. The number of hydrogen-bond donors (Lipinski definition) is 1. The van der Waals surface area contributed by atoms with Crippen molar-refractivity contribution in [1.82, 2.24) is 4.98 Å². The Kier molecular flexibility index (Phi) is 3.34. The summed E-state index contributed by atoms with van der Waals surface area (Å²) in [5.41, 5.74) is 0. The van der Waals surface area contributed by atoms with Crippen molar-refractivity contribution in [1.29, 1.82) is 0 Å². The maximum Gasteiger partial charge on any atom is 0.185 e. The average molecular weight is 252 g/mol. The fourth-order valence-corrected chi connectivity index (χ4v) is 4.22. The molecule has 17 heavy (non-hydrogen) atoms. The van der Waals surface area contributed by atoms with Gasteiger partial charge in [-0.3, -0.25) is 0 Å². The molecule has 3 rings (SSSR count). The molecule has 2 fully saturated rings. The van der Waals surface area contributed by atoms with Crippen LogP contribution >= 0.6 is 11.3 Å². The van der Waals surface area contributed by atoms with E-state index in [0.29, 0.717) is 0 Å². The second-order valence-electron chi connectivity index (χ2n) is 5.21. The third-order valence-electron chi connectivity index (χ3n) is 4.19. The van der Waals surface area contributed by atoms with Crippen LogP contribution in [0.15, 0.2) is 6.20 Å². The van der Waals surface area contributed by atoms with E-state index < -0.39 is 0 Å². The lowest BCUT2D eigenvalue weighted by molar-refractivity contribution is 0.243. The number of aromatic nitrogens is 1. The van der Waals surface area contributed by atoms with Crippen molar-refractivity contribution in [2.75, 3.05) is 11.4 Å². The Labute approximate surface area is 106 Å². The van der Waals surface area contributed by atoms with Crippen molar-refractivity contribution in [2.45, 2.75) is 51.2 Å². The summed E-state index contributed by atoms with van der Waals surface area (Å²) in [6.45, 7) is 1.28. The Morgan fingerprint density at radius 3 is 2.94 bits per heavy atom. The minimum absolute atomic E-state index is 0.125. The summed E-state index contributed by atoms with van der Waals surface area (Å²) in [5.74, 6) is 0.888. The molecule has 1 aliphatic carbocycles. The second kappa shape index (κ2) is 4.94. The fraction of sp³-hybridized carbons (Fsp3) is 0.769. The lowest BCUT2D eigenvalue weighted by Crippen LogP contribution is -2.46. The summed E-state index contributed by atoms with van der Waals surface area (Å²) >= 11 is 1.66. The minimum atomic E-state index is 0.125. The molecule has 1 saturated heterocycles. The SMILES string of the molecule is OCc1cnc(N2CCC[C@H]3CCCC[C@H]32)s1. The first kappa shape index (κ1) is 11.5. The molecule has 94 valence electrons. The molecule has 4 heteroatoms. The number of nitrogens with zero attached hydrogens (tertiary/aromatic N) is 2. The van der Waals surface area contributed by atoms with Gasteiger partial charge in [0.25, 0.3) is 0 Å². The van der Waals surface area contributed by atoms with E-state index in [1.807, 2.05) is 6.20 Å². The van der Waals surface area contributed by atoms with Gasteiger partial charge in [0, 0.05) is 18.8 Å². The van der Waals surface area contributed by atoms with Crippen molar-refractivity contribution in [3.8, 4) is 0 Å². The van der Waals surface area contributed by atoms with Crippen molar-refractivity contribution in [3.05, 3.63) is 11.1 Å². The number of anilines is 1. The number of aliphatic hydroxyl groups is 1. The monoisotopic (exact) mass is 252 g/mol. The van der Waals surface area contributed by atoms with Crippen LogP contribution in [0.1, 0.15) is 43.4 Å². The number of rotatable bonds is 2. The molecule has 1 aliphatic heterocycles. The van der Waals surface area contributed by atoms with E-state index >= 15 is 0 Å². The summed E-state index contributed by atoms with van der Waals surface area (Å²) < 4.78 is 0. The smallest absolute Gasteiger partial charge is 0.185 e. The molecule has 1 aromatic heterocycles. The molecule has 2 aliphatic rings.